The normalized spacial score (nSPS) is 18.1. The van der Waals surface area contributed by atoms with Crippen LogP contribution in [0.3, 0.4) is 0 Å². The van der Waals surface area contributed by atoms with Crippen LogP contribution in [0, 0.1) is 5.92 Å². The van der Waals surface area contributed by atoms with Crippen molar-refractivity contribution in [2.45, 2.75) is 52.1 Å². The van der Waals surface area contributed by atoms with Crippen LogP contribution in [-0.2, 0) is 6.54 Å². The van der Waals surface area contributed by atoms with Gasteiger partial charge in [0, 0.05) is 62.6 Å². The van der Waals surface area contributed by atoms with Crippen LogP contribution in [0.1, 0.15) is 45.1 Å². The number of anilines is 3. The van der Waals surface area contributed by atoms with E-state index in [2.05, 4.69) is 103 Å². The molecule has 1 aromatic heterocycles. The molecule has 1 fully saturated rings. The van der Waals surface area contributed by atoms with Gasteiger partial charge in [-0.3, -0.25) is 0 Å². The summed E-state index contributed by atoms with van der Waals surface area (Å²) < 4.78 is 0. The Morgan fingerprint density at radius 1 is 0.912 bits per heavy atom. The molecule has 4 rings (SSSR count). The molecule has 0 amide bonds. The Morgan fingerprint density at radius 2 is 1.62 bits per heavy atom. The zero-order valence-corrected chi connectivity index (χ0v) is 21.3. The van der Waals surface area contributed by atoms with Gasteiger partial charge in [0.25, 0.3) is 0 Å². The van der Waals surface area contributed by atoms with Gasteiger partial charge in [-0.1, -0.05) is 30.3 Å². The van der Waals surface area contributed by atoms with Crippen molar-refractivity contribution in [3.63, 3.8) is 0 Å². The van der Waals surface area contributed by atoms with E-state index in [9.17, 15) is 0 Å². The number of hydrogen-bond donors (Lipinski definition) is 2. The van der Waals surface area contributed by atoms with Crippen LogP contribution in [0.4, 0.5) is 17.2 Å². The number of hydrogen-bond acceptors (Lipinski definition) is 5. The highest BCUT2D eigenvalue weighted by Crippen LogP contribution is 2.30. The summed E-state index contributed by atoms with van der Waals surface area (Å²) in [6, 6.07) is 20.1. The van der Waals surface area contributed by atoms with E-state index >= 15 is 0 Å². The van der Waals surface area contributed by atoms with Crippen molar-refractivity contribution < 1.29 is 0 Å². The Morgan fingerprint density at radius 3 is 2.29 bits per heavy atom. The third kappa shape index (κ3) is 6.01. The molecule has 34 heavy (non-hydrogen) atoms. The second-order valence-corrected chi connectivity index (χ2v) is 9.77. The minimum Gasteiger partial charge on any atom is -0.377 e. The van der Waals surface area contributed by atoms with Gasteiger partial charge in [0.05, 0.1) is 5.52 Å². The highest BCUT2D eigenvalue weighted by molar-refractivity contribution is 5.93. The molecule has 0 radical (unpaired) electrons. The average Bonchev–Trinajstić information content (AvgIpc) is 2.86. The summed E-state index contributed by atoms with van der Waals surface area (Å²) in [5, 5.41) is 8.64. The van der Waals surface area contributed by atoms with E-state index in [0.29, 0.717) is 6.04 Å². The second kappa shape index (κ2) is 11.6. The fourth-order valence-electron chi connectivity index (χ4n) is 5.16. The highest BCUT2D eigenvalue weighted by atomic mass is 15.1. The molecule has 0 spiro atoms. The van der Waals surface area contributed by atoms with Crippen LogP contribution in [0.2, 0.25) is 0 Å². The second-order valence-electron chi connectivity index (χ2n) is 9.77. The quantitative estimate of drug-likeness (QED) is 0.395. The fraction of sp³-hybridized carbons (Fsp3) is 0.483. The van der Waals surface area contributed by atoms with E-state index in [1.165, 1.54) is 48.0 Å². The molecule has 0 saturated heterocycles. The van der Waals surface area contributed by atoms with Crippen LogP contribution < -0.4 is 20.4 Å². The van der Waals surface area contributed by atoms with Crippen molar-refractivity contribution in [2.75, 3.05) is 48.8 Å². The zero-order valence-electron chi connectivity index (χ0n) is 21.3. The number of benzene rings is 2. The molecular formula is C29H41N5. The van der Waals surface area contributed by atoms with Crippen LogP contribution >= 0.6 is 0 Å². The number of nitrogens with zero attached hydrogens (tertiary/aromatic N) is 3. The van der Waals surface area contributed by atoms with Gasteiger partial charge in [0.15, 0.2) is 0 Å². The molecule has 0 atom stereocenters. The molecule has 5 heteroatoms. The lowest BCUT2D eigenvalue weighted by Crippen LogP contribution is -2.31. The van der Waals surface area contributed by atoms with Gasteiger partial charge in [-0.15, -0.1) is 0 Å². The maximum atomic E-state index is 4.89. The molecular weight excluding hydrogens is 418 g/mol. The van der Waals surface area contributed by atoms with Gasteiger partial charge < -0.3 is 20.4 Å². The standard InChI is InChI=1S/C29H41N5/c1-5-34(6-2)25-17-13-23(14-18-25)21-30-20-22-11-15-24(16-12-22)31-29-19-28(33(3)4)26-9-7-8-10-27(26)32-29/h7-10,13-14,17-19,22,24,30H,5-6,11-12,15-16,20-21H2,1-4H3,(H,31,32). The van der Waals surface area contributed by atoms with E-state index < -0.39 is 0 Å². The number of pyridine rings is 1. The summed E-state index contributed by atoms with van der Waals surface area (Å²) in [4.78, 5) is 9.45. The number of nitrogens with one attached hydrogen (secondary N) is 2. The Kier molecular flexibility index (Phi) is 8.28. The summed E-state index contributed by atoms with van der Waals surface area (Å²) in [5.74, 6) is 1.76. The first-order valence-electron chi connectivity index (χ1n) is 13.0. The molecule has 5 nitrogen and oxygen atoms in total. The maximum absolute atomic E-state index is 4.89. The van der Waals surface area contributed by atoms with Gasteiger partial charge in [0.2, 0.25) is 0 Å². The lowest BCUT2D eigenvalue weighted by molar-refractivity contribution is 0.324. The predicted molar refractivity (Wildman–Crippen MR) is 147 cm³/mol. The van der Waals surface area contributed by atoms with Gasteiger partial charge >= 0.3 is 0 Å². The lowest BCUT2D eigenvalue weighted by atomic mass is 9.86. The third-order valence-corrected chi connectivity index (χ3v) is 7.20. The van der Waals surface area contributed by atoms with Crippen LogP contribution in [0.15, 0.2) is 54.6 Å². The van der Waals surface area contributed by atoms with Crippen molar-refractivity contribution in [1.29, 1.82) is 0 Å². The molecule has 2 aromatic carbocycles. The van der Waals surface area contributed by atoms with Crippen molar-refractivity contribution in [3.05, 3.63) is 60.2 Å². The Hall–Kier alpha value is -2.79. The SMILES string of the molecule is CCN(CC)c1ccc(CNCC2CCC(Nc3cc(N(C)C)c4ccccc4n3)CC2)cc1. The van der Waals surface area contributed by atoms with E-state index in [-0.39, 0.29) is 0 Å². The molecule has 3 aromatic rings. The summed E-state index contributed by atoms with van der Waals surface area (Å²) in [6.45, 7) is 8.58. The number of rotatable bonds is 10. The third-order valence-electron chi connectivity index (χ3n) is 7.20. The maximum Gasteiger partial charge on any atom is 0.128 e. The highest BCUT2D eigenvalue weighted by Gasteiger charge is 2.21. The molecule has 1 aliphatic rings. The first kappa shape index (κ1) is 24.3. The van der Waals surface area contributed by atoms with E-state index in [0.717, 1.165) is 43.4 Å². The molecule has 1 saturated carbocycles. The summed E-state index contributed by atoms with van der Waals surface area (Å²) >= 11 is 0. The minimum atomic E-state index is 0.507. The molecule has 0 aliphatic heterocycles. The molecule has 182 valence electrons. The van der Waals surface area contributed by atoms with E-state index in [4.69, 9.17) is 4.98 Å². The van der Waals surface area contributed by atoms with Crippen LogP contribution in [-0.4, -0.2) is 44.8 Å². The van der Waals surface area contributed by atoms with Crippen molar-refractivity contribution >= 4 is 28.1 Å². The lowest BCUT2D eigenvalue weighted by Gasteiger charge is -2.30. The first-order chi connectivity index (χ1) is 16.6. The smallest absolute Gasteiger partial charge is 0.128 e. The van der Waals surface area contributed by atoms with Gasteiger partial charge in [-0.05, 0) is 75.8 Å². The summed E-state index contributed by atoms with van der Waals surface area (Å²) in [5.41, 5.74) is 4.96. The Balaban J connectivity index is 1.24. The molecule has 1 heterocycles. The van der Waals surface area contributed by atoms with Gasteiger partial charge in [0.1, 0.15) is 5.82 Å². The van der Waals surface area contributed by atoms with Gasteiger partial charge in [-0.25, -0.2) is 4.98 Å². The topological polar surface area (TPSA) is 43.4 Å². The van der Waals surface area contributed by atoms with Gasteiger partial charge in [-0.2, -0.15) is 0 Å². The van der Waals surface area contributed by atoms with Crippen molar-refractivity contribution in [3.8, 4) is 0 Å². The zero-order chi connectivity index (χ0) is 23.9. The fourth-order valence-corrected chi connectivity index (χ4v) is 5.16. The molecule has 1 aliphatic carbocycles. The summed E-state index contributed by atoms with van der Waals surface area (Å²) in [7, 11) is 4.20. The van der Waals surface area contributed by atoms with E-state index in [1.807, 2.05) is 0 Å². The number of aromatic nitrogens is 1. The molecule has 0 bridgehead atoms. The molecule has 2 N–H and O–H groups in total. The van der Waals surface area contributed by atoms with Crippen molar-refractivity contribution in [2.24, 2.45) is 5.92 Å². The largest absolute Gasteiger partial charge is 0.377 e. The average molecular weight is 460 g/mol. The Labute approximate surface area is 205 Å². The van der Waals surface area contributed by atoms with Crippen LogP contribution in [0.5, 0.6) is 0 Å². The predicted octanol–water partition coefficient (Wildman–Crippen LogP) is 5.91. The van der Waals surface area contributed by atoms with Crippen molar-refractivity contribution in [1.82, 2.24) is 10.3 Å². The minimum absolute atomic E-state index is 0.507. The number of fused-ring (bicyclic) bond motifs is 1. The monoisotopic (exact) mass is 459 g/mol. The first-order valence-corrected chi connectivity index (χ1v) is 13.0. The molecule has 0 unspecified atom stereocenters. The van der Waals surface area contributed by atoms with E-state index in [1.54, 1.807) is 0 Å². The van der Waals surface area contributed by atoms with Crippen LogP contribution in [0.25, 0.3) is 10.9 Å². The number of para-hydroxylation sites is 1. The Bertz CT molecular complexity index is 1030. The summed E-state index contributed by atoms with van der Waals surface area (Å²) in [6.07, 6.45) is 4.94.